The fourth-order valence-corrected chi connectivity index (χ4v) is 3.43. The molecule has 1 aromatic heterocycles. The topological polar surface area (TPSA) is 42.7 Å². The lowest BCUT2D eigenvalue weighted by Gasteiger charge is -2.29. The highest BCUT2D eigenvalue weighted by atomic mass is 15.3. The standard InChI is InChI=1S/C17H32N4/c1-14(2)10-18-12-17(7-5-6-8-17)9-16-19-13-20-21(16)11-15(3)4/h13-15,18H,5-12H2,1-4H3. The van der Waals surface area contributed by atoms with Crippen LogP contribution in [0.2, 0.25) is 0 Å². The van der Waals surface area contributed by atoms with Crippen LogP contribution in [0.4, 0.5) is 0 Å². The molecule has 0 amide bonds. The Labute approximate surface area is 129 Å². The molecular formula is C17H32N4. The van der Waals surface area contributed by atoms with Crippen molar-refractivity contribution in [2.45, 2.75) is 66.3 Å². The van der Waals surface area contributed by atoms with Crippen LogP contribution in [-0.4, -0.2) is 27.9 Å². The van der Waals surface area contributed by atoms with Crippen molar-refractivity contribution in [2.75, 3.05) is 13.1 Å². The van der Waals surface area contributed by atoms with Crippen molar-refractivity contribution in [3.63, 3.8) is 0 Å². The zero-order valence-corrected chi connectivity index (χ0v) is 14.2. The second-order valence-electron chi connectivity index (χ2n) is 7.66. The van der Waals surface area contributed by atoms with Gasteiger partial charge >= 0.3 is 0 Å². The maximum Gasteiger partial charge on any atom is 0.138 e. The molecule has 21 heavy (non-hydrogen) atoms. The van der Waals surface area contributed by atoms with Crippen molar-refractivity contribution in [3.8, 4) is 0 Å². The van der Waals surface area contributed by atoms with Gasteiger partial charge < -0.3 is 5.32 Å². The average Bonchev–Trinajstić information content (AvgIpc) is 3.00. The van der Waals surface area contributed by atoms with Gasteiger partial charge in [0.2, 0.25) is 0 Å². The zero-order chi connectivity index (χ0) is 15.3. The maximum absolute atomic E-state index is 4.55. The Morgan fingerprint density at radius 1 is 1.19 bits per heavy atom. The van der Waals surface area contributed by atoms with Gasteiger partial charge in [-0.25, -0.2) is 9.67 Å². The Morgan fingerprint density at radius 2 is 1.90 bits per heavy atom. The summed E-state index contributed by atoms with van der Waals surface area (Å²) < 4.78 is 2.12. The third-order valence-corrected chi connectivity index (χ3v) is 4.48. The van der Waals surface area contributed by atoms with Crippen LogP contribution in [0.5, 0.6) is 0 Å². The minimum absolute atomic E-state index is 0.399. The Kier molecular flexibility index (Phi) is 5.80. The van der Waals surface area contributed by atoms with Crippen LogP contribution < -0.4 is 5.32 Å². The second kappa shape index (κ2) is 7.39. The van der Waals surface area contributed by atoms with Crippen LogP contribution in [0.15, 0.2) is 6.33 Å². The minimum Gasteiger partial charge on any atom is -0.316 e. The Bertz CT molecular complexity index is 416. The smallest absolute Gasteiger partial charge is 0.138 e. The molecule has 4 nitrogen and oxygen atoms in total. The largest absolute Gasteiger partial charge is 0.316 e. The van der Waals surface area contributed by atoms with Crippen molar-refractivity contribution in [2.24, 2.45) is 17.3 Å². The molecule has 1 aliphatic rings. The van der Waals surface area contributed by atoms with Crippen LogP contribution in [-0.2, 0) is 13.0 Å². The predicted molar refractivity (Wildman–Crippen MR) is 87.2 cm³/mol. The Balaban J connectivity index is 2.00. The molecule has 0 unspecified atom stereocenters. The highest BCUT2D eigenvalue weighted by molar-refractivity contribution is 4.98. The van der Waals surface area contributed by atoms with E-state index in [4.69, 9.17) is 0 Å². The second-order valence-corrected chi connectivity index (χ2v) is 7.66. The summed E-state index contributed by atoms with van der Waals surface area (Å²) in [7, 11) is 0. The monoisotopic (exact) mass is 292 g/mol. The first-order valence-corrected chi connectivity index (χ1v) is 8.58. The number of aromatic nitrogens is 3. The number of hydrogen-bond acceptors (Lipinski definition) is 3. The summed E-state index contributed by atoms with van der Waals surface area (Å²) in [5, 5.41) is 8.11. The van der Waals surface area contributed by atoms with Crippen LogP contribution in [0.3, 0.4) is 0 Å². The van der Waals surface area contributed by atoms with E-state index in [1.807, 2.05) is 0 Å². The fourth-order valence-electron chi connectivity index (χ4n) is 3.43. The summed E-state index contributed by atoms with van der Waals surface area (Å²) >= 11 is 0. The van der Waals surface area contributed by atoms with Gasteiger partial charge in [-0.15, -0.1) is 0 Å². The van der Waals surface area contributed by atoms with Crippen molar-refractivity contribution in [3.05, 3.63) is 12.2 Å². The van der Waals surface area contributed by atoms with E-state index >= 15 is 0 Å². The predicted octanol–water partition coefficient (Wildman–Crippen LogP) is 3.28. The lowest BCUT2D eigenvalue weighted by atomic mass is 9.82. The van der Waals surface area contributed by atoms with Gasteiger partial charge in [-0.2, -0.15) is 5.10 Å². The number of rotatable bonds is 8. The van der Waals surface area contributed by atoms with Gasteiger partial charge in [-0.05, 0) is 36.6 Å². The van der Waals surface area contributed by atoms with Gasteiger partial charge in [0.1, 0.15) is 12.2 Å². The van der Waals surface area contributed by atoms with E-state index in [2.05, 4.69) is 47.8 Å². The van der Waals surface area contributed by atoms with Gasteiger partial charge in [0.15, 0.2) is 0 Å². The molecule has 0 spiro atoms. The Hall–Kier alpha value is -0.900. The van der Waals surface area contributed by atoms with Gasteiger partial charge in [0.05, 0.1) is 0 Å². The molecule has 1 saturated carbocycles. The average molecular weight is 292 g/mol. The van der Waals surface area contributed by atoms with Crippen molar-refractivity contribution < 1.29 is 0 Å². The van der Waals surface area contributed by atoms with Gasteiger partial charge in [0.25, 0.3) is 0 Å². The summed E-state index contributed by atoms with van der Waals surface area (Å²) in [6, 6.07) is 0. The molecule has 2 rings (SSSR count). The Morgan fingerprint density at radius 3 is 2.52 bits per heavy atom. The summed E-state index contributed by atoms with van der Waals surface area (Å²) in [4.78, 5) is 4.55. The molecule has 1 fully saturated rings. The van der Waals surface area contributed by atoms with Crippen molar-refractivity contribution in [1.82, 2.24) is 20.1 Å². The van der Waals surface area contributed by atoms with Crippen molar-refractivity contribution in [1.29, 1.82) is 0 Å². The summed E-state index contributed by atoms with van der Waals surface area (Å²) in [5.74, 6) is 2.51. The minimum atomic E-state index is 0.399. The number of nitrogens with one attached hydrogen (secondary N) is 1. The highest BCUT2D eigenvalue weighted by Gasteiger charge is 2.35. The van der Waals surface area contributed by atoms with E-state index in [1.165, 1.54) is 31.5 Å². The molecule has 0 saturated heterocycles. The van der Waals surface area contributed by atoms with E-state index in [0.717, 1.165) is 26.1 Å². The molecule has 1 N–H and O–H groups in total. The number of hydrogen-bond donors (Lipinski definition) is 1. The summed E-state index contributed by atoms with van der Waals surface area (Å²) in [5.41, 5.74) is 0.399. The zero-order valence-electron chi connectivity index (χ0n) is 14.2. The van der Waals surface area contributed by atoms with Crippen LogP contribution in [0, 0.1) is 17.3 Å². The van der Waals surface area contributed by atoms with Crippen LogP contribution >= 0.6 is 0 Å². The van der Waals surface area contributed by atoms with E-state index in [-0.39, 0.29) is 0 Å². The molecule has 0 bridgehead atoms. The molecule has 0 aliphatic heterocycles. The van der Waals surface area contributed by atoms with E-state index in [0.29, 0.717) is 17.3 Å². The molecule has 4 heteroatoms. The molecule has 120 valence electrons. The number of nitrogens with zero attached hydrogens (tertiary/aromatic N) is 3. The molecule has 1 aliphatic carbocycles. The fraction of sp³-hybridized carbons (Fsp3) is 0.882. The first-order valence-electron chi connectivity index (χ1n) is 8.58. The van der Waals surface area contributed by atoms with E-state index in [9.17, 15) is 0 Å². The van der Waals surface area contributed by atoms with Gasteiger partial charge in [0, 0.05) is 19.5 Å². The normalized spacial score (nSPS) is 18.0. The maximum atomic E-state index is 4.55. The van der Waals surface area contributed by atoms with E-state index < -0.39 is 0 Å². The molecular weight excluding hydrogens is 260 g/mol. The molecule has 1 heterocycles. The molecule has 0 radical (unpaired) electrons. The van der Waals surface area contributed by atoms with E-state index in [1.54, 1.807) is 6.33 Å². The third kappa shape index (κ3) is 4.80. The summed E-state index contributed by atoms with van der Waals surface area (Å²) in [6.45, 7) is 12.2. The quantitative estimate of drug-likeness (QED) is 0.799. The first-order chi connectivity index (χ1) is 10.0. The lowest BCUT2D eigenvalue weighted by molar-refractivity contribution is 0.261. The first kappa shape index (κ1) is 16.5. The lowest BCUT2D eigenvalue weighted by Crippen LogP contribution is -2.36. The third-order valence-electron chi connectivity index (χ3n) is 4.48. The SMILES string of the molecule is CC(C)CNCC1(Cc2ncnn2CC(C)C)CCCC1. The van der Waals surface area contributed by atoms with Crippen LogP contribution in [0.25, 0.3) is 0 Å². The van der Waals surface area contributed by atoms with Crippen LogP contribution in [0.1, 0.15) is 59.2 Å². The molecule has 0 atom stereocenters. The molecule has 1 aromatic rings. The molecule has 0 aromatic carbocycles. The van der Waals surface area contributed by atoms with Gasteiger partial charge in [-0.3, -0.25) is 0 Å². The van der Waals surface area contributed by atoms with Crippen molar-refractivity contribution >= 4 is 0 Å². The highest BCUT2D eigenvalue weighted by Crippen LogP contribution is 2.40. The summed E-state index contributed by atoms with van der Waals surface area (Å²) in [6.07, 6.45) is 8.18. The van der Waals surface area contributed by atoms with Gasteiger partial charge in [-0.1, -0.05) is 40.5 Å².